The lowest BCUT2D eigenvalue weighted by molar-refractivity contribution is 0.319. The maximum absolute atomic E-state index is 13.4. The molecule has 1 saturated heterocycles. The van der Waals surface area contributed by atoms with Gasteiger partial charge in [-0.15, -0.1) is 0 Å². The van der Waals surface area contributed by atoms with Gasteiger partial charge in [-0.3, -0.25) is 4.68 Å². The molecule has 6 nitrogen and oxygen atoms in total. The van der Waals surface area contributed by atoms with E-state index in [0.29, 0.717) is 35.9 Å². The number of hydrogen-bond acceptors (Lipinski definition) is 3. The summed E-state index contributed by atoms with van der Waals surface area (Å²) in [6, 6.07) is 15.0. The molecule has 35 heavy (non-hydrogen) atoms. The van der Waals surface area contributed by atoms with Crippen molar-refractivity contribution < 1.29 is 12.8 Å². The Morgan fingerprint density at radius 2 is 1.63 bits per heavy atom. The van der Waals surface area contributed by atoms with Crippen molar-refractivity contribution in [1.29, 1.82) is 0 Å². The van der Waals surface area contributed by atoms with E-state index >= 15 is 0 Å². The van der Waals surface area contributed by atoms with Gasteiger partial charge in [0, 0.05) is 43.3 Å². The Bertz CT molecular complexity index is 1490. The summed E-state index contributed by atoms with van der Waals surface area (Å²) in [6.07, 6.45) is 1.53. The Morgan fingerprint density at radius 3 is 2.26 bits per heavy atom. The van der Waals surface area contributed by atoms with E-state index in [0.717, 1.165) is 23.9 Å². The van der Waals surface area contributed by atoms with Crippen LogP contribution in [0.15, 0.2) is 53.4 Å². The van der Waals surface area contributed by atoms with E-state index in [1.165, 1.54) is 28.8 Å². The third-order valence-corrected chi connectivity index (χ3v) is 9.59. The second kappa shape index (κ2) is 8.91. The van der Waals surface area contributed by atoms with Gasteiger partial charge in [0.2, 0.25) is 10.0 Å². The summed E-state index contributed by atoms with van der Waals surface area (Å²) in [5.41, 5.74) is 5.91. The molecule has 1 aliphatic rings. The van der Waals surface area contributed by atoms with Crippen LogP contribution in [-0.2, 0) is 23.6 Å². The topological polar surface area (TPSA) is 60.1 Å². The lowest BCUT2D eigenvalue weighted by Gasteiger charge is -2.31. The van der Waals surface area contributed by atoms with E-state index in [4.69, 9.17) is 0 Å². The van der Waals surface area contributed by atoms with Crippen LogP contribution in [0.2, 0.25) is 0 Å². The molecule has 0 aliphatic carbocycles. The fraction of sp³-hybridized carbons (Fsp3) is 0.370. The van der Waals surface area contributed by atoms with Crippen molar-refractivity contribution in [3.8, 4) is 0 Å². The van der Waals surface area contributed by atoms with Crippen LogP contribution in [0.4, 0.5) is 4.39 Å². The predicted octanol–water partition coefficient (Wildman–Crippen LogP) is 5.06. The Morgan fingerprint density at radius 1 is 0.971 bits per heavy atom. The van der Waals surface area contributed by atoms with Gasteiger partial charge in [0.1, 0.15) is 10.7 Å². The van der Waals surface area contributed by atoms with Crippen molar-refractivity contribution in [2.24, 2.45) is 7.05 Å². The first-order chi connectivity index (χ1) is 16.7. The van der Waals surface area contributed by atoms with Crippen LogP contribution in [0.5, 0.6) is 0 Å². The van der Waals surface area contributed by atoms with Gasteiger partial charge in [-0.25, -0.2) is 12.8 Å². The second-order valence-electron chi connectivity index (χ2n) is 9.53. The van der Waals surface area contributed by atoms with Gasteiger partial charge in [0.05, 0.1) is 11.4 Å². The van der Waals surface area contributed by atoms with Crippen molar-refractivity contribution in [3.05, 3.63) is 82.6 Å². The molecule has 0 spiro atoms. The van der Waals surface area contributed by atoms with E-state index in [2.05, 4.69) is 34.8 Å². The molecular formula is C27H31FN4O2S. The number of para-hydroxylation sites is 1. The lowest BCUT2D eigenvalue weighted by atomic mass is 9.88. The predicted molar refractivity (Wildman–Crippen MR) is 136 cm³/mol. The molecule has 0 radical (unpaired) electrons. The van der Waals surface area contributed by atoms with Crippen molar-refractivity contribution in [2.75, 3.05) is 13.1 Å². The third kappa shape index (κ3) is 4.08. The number of sulfonamides is 1. The maximum Gasteiger partial charge on any atom is 0.246 e. The summed E-state index contributed by atoms with van der Waals surface area (Å²) < 4.78 is 45.8. The van der Waals surface area contributed by atoms with Crippen LogP contribution < -0.4 is 0 Å². The van der Waals surface area contributed by atoms with Gasteiger partial charge in [0.15, 0.2) is 0 Å². The van der Waals surface area contributed by atoms with Crippen molar-refractivity contribution in [1.82, 2.24) is 18.7 Å². The van der Waals surface area contributed by atoms with Crippen molar-refractivity contribution in [2.45, 2.75) is 51.0 Å². The minimum absolute atomic E-state index is 0.234. The zero-order chi connectivity index (χ0) is 24.9. The first-order valence-corrected chi connectivity index (χ1v) is 13.4. The van der Waals surface area contributed by atoms with Gasteiger partial charge in [0.25, 0.3) is 0 Å². The molecule has 0 saturated carbocycles. The number of benzene rings is 2. The van der Waals surface area contributed by atoms with E-state index in [1.54, 1.807) is 29.9 Å². The number of hydrogen-bond donors (Lipinski definition) is 0. The number of piperidine rings is 1. The fourth-order valence-electron chi connectivity index (χ4n) is 5.59. The SMILES string of the molecule is Cc1nn(C)c(C)c1S(=O)(=O)N1CCC(c2c(C)n(Cc3ccc(F)cc3)c3ccccc23)CC1. The molecule has 3 heterocycles. The molecule has 1 aliphatic heterocycles. The van der Waals surface area contributed by atoms with Gasteiger partial charge >= 0.3 is 0 Å². The van der Waals surface area contributed by atoms with Crippen LogP contribution in [0.3, 0.4) is 0 Å². The molecule has 4 aromatic rings. The van der Waals surface area contributed by atoms with Crippen LogP contribution in [-0.4, -0.2) is 40.2 Å². The first-order valence-electron chi connectivity index (χ1n) is 12.0. The molecule has 0 atom stereocenters. The molecule has 0 bridgehead atoms. The summed E-state index contributed by atoms with van der Waals surface area (Å²) in [5.74, 6) is 0.0406. The zero-order valence-corrected chi connectivity index (χ0v) is 21.4. The largest absolute Gasteiger partial charge is 0.340 e. The van der Waals surface area contributed by atoms with Crippen LogP contribution in [0.25, 0.3) is 10.9 Å². The summed E-state index contributed by atoms with van der Waals surface area (Å²) in [6.45, 7) is 7.34. The molecule has 1 fully saturated rings. The molecule has 0 unspecified atom stereocenters. The maximum atomic E-state index is 13.4. The van der Waals surface area contributed by atoms with E-state index < -0.39 is 10.0 Å². The standard InChI is InChI=1S/C27H31FN4O2S/c1-18-27(20(3)30(4)29-18)35(33,34)31-15-13-22(14-16-31)26-19(2)32(25-8-6-5-7-24(25)26)17-21-9-11-23(28)12-10-21/h5-12,22H,13-17H2,1-4H3. The van der Waals surface area contributed by atoms with E-state index in [-0.39, 0.29) is 11.7 Å². The highest BCUT2D eigenvalue weighted by molar-refractivity contribution is 7.89. The Labute approximate surface area is 206 Å². The lowest BCUT2D eigenvalue weighted by Crippen LogP contribution is -2.38. The average molecular weight is 495 g/mol. The summed E-state index contributed by atoms with van der Waals surface area (Å²) >= 11 is 0. The Kier molecular flexibility index (Phi) is 6.05. The molecule has 2 aromatic heterocycles. The molecule has 5 rings (SSSR count). The molecule has 184 valence electrons. The normalized spacial score (nSPS) is 15.8. The molecule has 2 aromatic carbocycles. The molecule has 0 amide bonds. The van der Waals surface area contributed by atoms with Crippen LogP contribution >= 0.6 is 0 Å². The second-order valence-corrected chi connectivity index (χ2v) is 11.4. The van der Waals surface area contributed by atoms with E-state index in [1.807, 2.05) is 18.2 Å². The van der Waals surface area contributed by atoms with Crippen molar-refractivity contribution >= 4 is 20.9 Å². The van der Waals surface area contributed by atoms with Crippen LogP contribution in [0.1, 0.15) is 47.0 Å². The highest BCUT2D eigenvalue weighted by Crippen LogP contribution is 2.39. The quantitative estimate of drug-likeness (QED) is 0.390. The third-order valence-electron chi connectivity index (χ3n) is 7.44. The average Bonchev–Trinajstić information content (AvgIpc) is 3.26. The smallest absolute Gasteiger partial charge is 0.246 e. The summed E-state index contributed by atoms with van der Waals surface area (Å²) in [7, 11) is -1.81. The van der Waals surface area contributed by atoms with Gasteiger partial charge in [-0.1, -0.05) is 30.3 Å². The minimum atomic E-state index is -3.59. The Balaban J connectivity index is 1.43. The summed E-state index contributed by atoms with van der Waals surface area (Å²) in [5, 5.41) is 5.52. The number of rotatable bonds is 5. The highest BCUT2D eigenvalue weighted by atomic mass is 32.2. The van der Waals surface area contributed by atoms with Crippen molar-refractivity contribution in [3.63, 3.8) is 0 Å². The first kappa shape index (κ1) is 23.8. The molecule has 8 heteroatoms. The molecule has 0 N–H and O–H groups in total. The number of fused-ring (bicyclic) bond motifs is 1. The number of halogens is 1. The molecular weight excluding hydrogens is 463 g/mol. The Hall–Kier alpha value is -2.97. The number of nitrogens with zero attached hydrogens (tertiary/aromatic N) is 4. The fourth-order valence-corrected chi connectivity index (χ4v) is 7.46. The van der Waals surface area contributed by atoms with E-state index in [9.17, 15) is 12.8 Å². The number of aromatic nitrogens is 3. The van der Waals surface area contributed by atoms with Gasteiger partial charge < -0.3 is 4.57 Å². The zero-order valence-electron chi connectivity index (χ0n) is 20.6. The monoisotopic (exact) mass is 494 g/mol. The summed E-state index contributed by atoms with van der Waals surface area (Å²) in [4.78, 5) is 0.338. The van der Waals surface area contributed by atoms with Gasteiger partial charge in [-0.05, 0) is 68.9 Å². The minimum Gasteiger partial charge on any atom is -0.340 e. The highest BCUT2D eigenvalue weighted by Gasteiger charge is 2.35. The van der Waals surface area contributed by atoms with Gasteiger partial charge in [-0.2, -0.15) is 9.40 Å². The number of aryl methyl sites for hydroxylation is 2. The van der Waals surface area contributed by atoms with Crippen LogP contribution in [0, 0.1) is 26.6 Å².